The van der Waals surface area contributed by atoms with E-state index in [4.69, 9.17) is 23.2 Å². The molecule has 5 rings (SSSR count). The lowest BCUT2D eigenvalue weighted by Crippen LogP contribution is -2.46. The topological polar surface area (TPSA) is 38.0 Å². The Morgan fingerprint density at radius 3 is 2.80 bits per heavy atom. The SMILES string of the molecule is C[C@]12Cc3cnn(-c4ccc(F)cc4)c3C=C1CCC[C@@H]2[C@@H](O)C1C=C(Cl)SC1Cl. The molecular formula is C23H23Cl2FN2OS. The summed E-state index contributed by atoms with van der Waals surface area (Å²) < 4.78 is 15.7. The Labute approximate surface area is 189 Å². The van der Waals surface area contributed by atoms with E-state index in [0.717, 1.165) is 42.6 Å². The minimum atomic E-state index is -0.543. The molecule has 3 nitrogen and oxygen atoms in total. The average Bonchev–Trinajstić information content (AvgIpc) is 3.27. The van der Waals surface area contributed by atoms with Crippen LogP contribution in [0, 0.1) is 23.1 Å². The van der Waals surface area contributed by atoms with Crippen LogP contribution in [0.4, 0.5) is 4.39 Å². The highest BCUT2D eigenvalue weighted by Gasteiger charge is 2.49. The molecule has 1 fully saturated rings. The number of halogens is 3. The highest BCUT2D eigenvalue weighted by molar-refractivity contribution is 8.06. The minimum Gasteiger partial charge on any atom is -0.392 e. The molecule has 7 heteroatoms. The summed E-state index contributed by atoms with van der Waals surface area (Å²) in [5.41, 5.74) is 4.26. The first-order chi connectivity index (χ1) is 14.4. The standard InChI is InChI=1S/C23H23Cl2FN2OS/c1-23-11-13-12-27-28(16-7-5-15(26)6-8-16)19(13)9-14(23)3-2-4-18(23)21(29)17-10-20(24)30-22(17)25/h5-10,12,17-18,21-22,29H,2-4,11H2,1H3/t17?,18-,21+,22?,23+/m1/s1. The molecule has 158 valence electrons. The van der Waals surface area contributed by atoms with Crippen LogP contribution in [0.3, 0.4) is 0 Å². The van der Waals surface area contributed by atoms with Crippen molar-refractivity contribution in [2.45, 2.75) is 43.4 Å². The van der Waals surface area contributed by atoms with Crippen LogP contribution in [-0.2, 0) is 6.42 Å². The summed E-state index contributed by atoms with van der Waals surface area (Å²) >= 11 is 14.1. The molecule has 1 aromatic heterocycles. The highest BCUT2D eigenvalue weighted by atomic mass is 35.5. The molecule has 30 heavy (non-hydrogen) atoms. The lowest BCUT2D eigenvalue weighted by molar-refractivity contribution is 0.00101. The average molecular weight is 465 g/mol. The van der Waals surface area contributed by atoms with Crippen molar-refractivity contribution in [3.05, 3.63) is 63.6 Å². The van der Waals surface area contributed by atoms with Gasteiger partial charge in [0.1, 0.15) is 5.82 Å². The number of fused-ring (bicyclic) bond motifs is 2. The zero-order valence-corrected chi connectivity index (χ0v) is 18.9. The fourth-order valence-electron chi connectivity index (χ4n) is 5.39. The normalized spacial score (nSPS) is 31.6. The predicted octanol–water partition coefficient (Wildman–Crippen LogP) is 6.13. The van der Waals surface area contributed by atoms with Gasteiger partial charge in [-0.05, 0) is 72.9 Å². The van der Waals surface area contributed by atoms with Crippen molar-refractivity contribution in [1.29, 1.82) is 0 Å². The highest BCUT2D eigenvalue weighted by Crippen LogP contribution is 2.55. The van der Waals surface area contributed by atoms with Gasteiger partial charge in [0.2, 0.25) is 0 Å². The third-order valence-corrected chi connectivity index (χ3v) is 8.85. The first kappa shape index (κ1) is 20.6. The number of aromatic nitrogens is 2. The molecule has 0 saturated heterocycles. The van der Waals surface area contributed by atoms with Gasteiger partial charge in [-0.2, -0.15) is 5.10 Å². The number of aliphatic hydroxyl groups is 1. The lowest BCUT2D eigenvalue weighted by atomic mass is 9.57. The van der Waals surface area contributed by atoms with Crippen LogP contribution >= 0.6 is 35.0 Å². The van der Waals surface area contributed by atoms with Gasteiger partial charge < -0.3 is 5.11 Å². The zero-order valence-electron chi connectivity index (χ0n) is 16.6. The van der Waals surface area contributed by atoms with E-state index in [9.17, 15) is 9.50 Å². The zero-order chi connectivity index (χ0) is 21.0. The summed E-state index contributed by atoms with van der Waals surface area (Å²) in [6, 6.07) is 6.41. The van der Waals surface area contributed by atoms with Gasteiger partial charge in [0.05, 0.1) is 32.8 Å². The second-order valence-electron chi connectivity index (χ2n) is 8.71. The van der Waals surface area contributed by atoms with Crippen LogP contribution < -0.4 is 0 Å². The molecule has 1 N–H and O–H groups in total. The van der Waals surface area contributed by atoms with Crippen LogP contribution in [0.25, 0.3) is 11.8 Å². The number of rotatable bonds is 3. The molecule has 3 aliphatic rings. The summed E-state index contributed by atoms with van der Waals surface area (Å²) in [5, 5.41) is 15.9. The predicted molar refractivity (Wildman–Crippen MR) is 121 cm³/mol. The van der Waals surface area contributed by atoms with Crippen LogP contribution in [0.2, 0.25) is 0 Å². The fraction of sp³-hybridized carbons (Fsp3) is 0.435. The maximum absolute atomic E-state index is 13.3. The molecule has 1 aliphatic heterocycles. The molecule has 2 heterocycles. The number of allylic oxidation sites excluding steroid dienone is 1. The van der Waals surface area contributed by atoms with Crippen LogP contribution in [-0.4, -0.2) is 25.7 Å². The molecule has 1 aromatic carbocycles. The maximum Gasteiger partial charge on any atom is 0.123 e. The maximum atomic E-state index is 13.3. The Balaban J connectivity index is 1.50. The van der Waals surface area contributed by atoms with Gasteiger partial charge in [-0.25, -0.2) is 9.07 Å². The number of aliphatic hydroxyl groups excluding tert-OH is 1. The molecule has 2 unspecified atom stereocenters. The summed E-state index contributed by atoms with van der Waals surface area (Å²) in [5.74, 6) is -0.300. The van der Waals surface area contributed by atoms with Gasteiger partial charge >= 0.3 is 0 Å². The van der Waals surface area contributed by atoms with Gasteiger partial charge in [-0.1, -0.05) is 41.9 Å². The van der Waals surface area contributed by atoms with Gasteiger partial charge in [0.15, 0.2) is 0 Å². The molecule has 0 radical (unpaired) electrons. The molecule has 1 saturated carbocycles. The van der Waals surface area contributed by atoms with Crippen LogP contribution in [0.5, 0.6) is 0 Å². The van der Waals surface area contributed by atoms with E-state index < -0.39 is 6.10 Å². The van der Waals surface area contributed by atoms with E-state index in [0.29, 0.717) is 4.36 Å². The molecule has 0 amide bonds. The molecule has 2 aliphatic carbocycles. The third kappa shape index (κ3) is 3.35. The van der Waals surface area contributed by atoms with Crippen molar-refractivity contribution >= 4 is 41.0 Å². The number of thioether (sulfide) groups is 1. The van der Waals surface area contributed by atoms with Crippen LogP contribution in [0.1, 0.15) is 37.4 Å². The number of benzene rings is 1. The van der Waals surface area contributed by atoms with Crippen molar-refractivity contribution in [2.75, 3.05) is 0 Å². The van der Waals surface area contributed by atoms with Crippen molar-refractivity contribution < 1.29 is 9.50 Å². The number of alkyl halides is 1. The van der Waals surface area contributed by atoms with E-state index in [-0.39, 0.29) is 27.8 Å². The summed E-state index contributed by atoms with van der Waals surface area (Å²) in [6.45, 7) is 2.26. The monoisotopic (exact) mass is 464 g/mol. The largest absolute Gasteiger partial charge is 0.392 e. The Morgan fingerprint density at radius 2 is 2.10 bits per heavy atom. The van der Waals surface area contributed by atoms with Gasteiger partial charge in [-0.3, -0.25) is 0 Å². The molecule has 5 atom stereocenters. The Morgan fingerprint density at radius 1 is 1.33 bits per heavy atom. The Kier molecular flexibility index (Phi) is 5.29. The van der Waals surface area contributed by atoms with Crippen molar-refractivity contribution in [3.8, 4) is 5.69 Å². The second-order valence-corrected chi connectivity index (χ2v) is 11.3. The third-order valence-electron chi connectivity index (χ3n) is 7.00. The van der Waals surface area contributed by atoms with Crippen molar-refractivity contribution in [1.82, 2.24) is 9.78 Å². The first-order valence-corrected chi connectivity index (χ1v) is 12.0. The van der Waals surface area contributed by atoms with E-state index in [1.54, 1.807) is 12.1 Å². The quantitative estimate of drug-likeness (QED) is 0.555. The second kappa shape index (κ2) is 7.70. The summed E-state index contributed by atoms with van der Waals surface area (Å²) in [6.07, 6.45) is 9.34. The van der Waals surface area contributed by atoms with E-state index in [1.165, 1.54) is 29.5 Å². The van der Waals surface area contributed by atoms with Gasteiger partial charge in [-0.15, -0.1) is 11.6 Å². The Bertz CT molecular complexity index is 1030. The van der Waals surface area contributed by atoms with E-state index >= 15 is 0 Å². The summed E-state index contributed by atoms with van der Waals surface area (Å²) in [7, 11) is 0. The first-order valence-electron chi connectivity index (χ1n) is 10.3. The van der Waals surface area contributed by atoms with Gasteiger partial charge in [0, 0.05) is 5.92 Å². The van der Waals surface area contributed by atoms with Crippen molar-refractivity contribution in [2.24, 2.45) is 17.3 Å². The summed E-state index contributed by atoms with van der Waals surface area (Å²) in [4.78, 5) is 0. The van der Waals surface area contributed by atoms with E-state index in [1.807, 2.05) is 17.0 Å². The van der Waals surface area contributed by atoms with Gasteiger partial charge in [0.25, 0.3) is 0 Å². The van der Waals surface area contributed by atoms with E-state index in [2.05, 4.69) is 18.1 Å². The number of nitrogens with zero attached hydrogens (tertiary/aromatic N) is 2. The minimum absolute atomic E-state index is 0.102. The lowest BCUT2D eigenvalue weighted by Gasteiger charge is -2.48. The van der Waals surface area contributed by atoms with Crippen molar-refractivity contribution in [3.63, 3.8) is 0 Å². The molecule has 2 aromatic rings. The fourth-order valence-corrected chi connectivity index (χ4v) is 7.32. The molecule has 0 spiro atoms. The van der Waals surface area contributed by atoms with Crippen LogP contribution in [0.15, 0.2) is 46.5 Å². The number of hydrogen-bond acceptors (Lipinski definition) is 3. The smallest absolute Gasteiger partial charge is 0.123 e. The Hall–Kier alpha value is -1.27. The molecule has 0 bridgehead atoms. The molecular weight excluding hydrogens is 442 g/mol. The number of hydrogen-bond donors (Lipinski definition) is 1.